The van der Waals surface area contributed by atoms with Crippen molar-refractivity contribution in [1.29, 1.82) is 0 Å². The van der Waals surface area contributed by atoms with Gasteiger partial charge in [-0.1, -0.05) is 4.49 Å². The van der Waals surface area contributed by atoms with Gasteiger partial charge in [-0.2, -0.15) is 0 Å². The number of carbonyl (C=O) groups is 1. The second-order valence-corrected chi connectivity index (χ2v) is 7.33. The molecule has 0 spiro atoms. The van der Waals surface area contributed by atoms with E-state index in [0.717, 1.165) is 28.7 Å². The lowest BCUT2D eigenvalue weighted by Gasteiger charge is -2.35. The van der Waals surface area contributed by atoms with Crippen molar-refractivity contribution in [3.05, 3.63) is 46.9 Å². The fourth-order valence-corrected chi connectivity index (χ4v) is 3.66. The fraction of sp³-hybridized carbons (Fsp3) is 0.333. The molecular formula is C18H20N8OS. The van der Waals surface area contributed by atoms with Gasteiger partial charge in [0.15, 0.2) is 0 Å². The van der Waals surface area contributed by atoms with Crippen LogP contribution in [0.25, 0.3) is 0 Å². The first kappa shape index (κ1) is 18.2. The third-order valence-electron chi connectivity index (χ3n) is 4.56. The molecule has 28 heavy (non-hydrogen) atoms. The van der Waals surface area contributed by atoms with Crippen LogP contribution in [0.1, 0.15) is 20.9 Å². The van der Waals surface area contributed by atoms with E-state index in [1.165, 1.54) is 6.33 Å². The van der Waals surface area contributed by atoms with Gasteiger partial charge in [0, 0.05) is 38.4 Å². The minimum absolute atomic E-state index is 0.00251. The molecule has 1 fully saturated rings. The van der Waals surface area contributed by atoms with Gasteiger partial charge in [-0.25, -0.2) is 15.0 Å². The minimum atomic E-state index is 0.00251. The number of anilines is 3. The van der Waals surface area contributed by atoms with Crippen LogP contribution in [0, 0.1) is 13.8 Å². The molecule has 10 heteroatoms. The van der Waals surface area contributed by atoms with E-state index in [2.05, 4.69) is 34.8 Å². The molecule has 4 rings (SSSR count). The van der Waals surface area contributed by atoms with Crippen molar-refractivity contribution in [3.8, 4) is 0 Å². The maximum Gasteiger partial charge on any atom is 0.267 e. The first-order chi connectivity index (χ1) is 13.6. The molecule has 3 aromatic heterocycles. The van der Waals surface area contributed by atoms with Crippen LogP contribution in [0.4, 0.5) is 17.5 Å². The Labute approximate surface area is 166 Å². The highest BCUT2D eigenvalue weighted by Crippen LogP contribution is 2.20. The largest absolute Gasteiger partial charge is 0.353 e. The number of hydrogen-bond acceptors (Lipinski definition) is 9. The van der Waals surface area contributed by atoms with E-state index >= 15 is 0 Å². The van der Waals surface area contributed by atoms with Crippen LogP contribution < -0.4 is 10.2 Å². The molecule has 0 bridgehead atoms. The van der Waals surface area contributed by atoms with Crippen LogP contribution in [0.5, 0.6) is 0 Å². The molecule has 0 saturated carbocycles. The molecule has 4 heterocycles. The van der Waals surface area contributed by atoms with Gasteiger partial charge < -0.3 is 15.1 Å². The second-order valence-electron chi connectivity index (χ2n) is 6.57. The van der Waals surface area contributed by atoms with Crippen LogP contribution in [0.3, 0.4) is 0 Å². The Morgan fingerprint density at radius 2 is 1.86 bits per heavy atom. The average Bonchev–Trinajstić information content (AvgIpc) is 3.14. The summed E-state index contributed by atoms with van der Waals surface area (Å²) < 4.78 is 3.85. The van der Waals surface area contributed by atoms with Crippen molar-refractivity contribution in [2.24, 2.45) is 0 Å². The summed E-state index contributed by atoms with van der Waals surface area (Å²) in [5.74, 6) is 2.26. The third-order valence-corrected chi connectivity index (χ3v) is 5.38. The van der Waals surface area contributed by atoms with Gasteiger partial charge in [0.05, 0.1) is 5.69 Å². The summed E-state index contributed by atoms with van der Waals surface area (Å²) in [6, 6.07) is 5.81. The number of rotatable bonds is 4. The molecular weight excluding hydrogens is 376 g/mol. The second kappa shape index (κ2) is 7.85. The molecule has 9 nitrogen and oxygen atoms in total. The number of nitrogens with one attached hydrogen (secondary N) is 1. The van der Waals surface area contributed by atoms with Crippen LogP contribution in [0.15, 0.2) is 30.7 Å². The highest BCUT2D eigenvalue weighted by atomic mass is 32.1. The van der Waals surface area contributed by atoms with E-state index in [9.17, 15) is 4.79 Å². The van der Waals surface area contributed by atoms with Crippen LogP contribution >= 0.6 is 11.5 Å². The summed E-state index contributed by atoms with van der Waals surface area (Å²) in [6.45, 7) is 6.49. The lowest BCUT2D eigenvalue weighted by atomic mass is 10.2. The van der Waals surface area contributed by atoms with Crippen molar-refractivity contribution in [1.82, 2.24) is 29.4 Å². The van der Waals surface area contributed by atoms with E-state index in [0.29, 0.717) is 42.6 Å². The van der Waals surface area contributed by atoms with Gasteiger partial charge in [-0.3, -0.25) is 4.79 Å². The third kappa shape index (κ3) is 3.91. The zero-order valence-electron chi connectivity index (χ0n) is 15.7. The Kier molecular flexibility index (Phi) is 5.11. The van der Waals surface area contributed by atoms with E-state index in [4.69, 9.17) is 0 Å². The van der Waals surface area contributed by atoms with E-state index in [1.807, 2.05) is 36.9 Å². The molecule has 1 aliphatic rings. The lowest BCUT2D eigenvalue weighted by molar-refractivity contribution is 0.0750. The van der Waals surface area contributed by atoms with Crippen LogP contribution in [0.2, 0.25) is 0 Å². The quantitative estimate of drug-likeness (QED) is 0.715. The monoisotopic (exact) mass is 396 g/mol. The Balaban J connectivity index is 1.41. The highest BCUT2D eigenvalue weighted by molar-refractivity contribution is 7.07. The molecule has 0 atom stereocenters. The number of aryl methyl sites for hydroxylation is 2. The molecule has 1 amide bonds. The standard InChI is InChI=1S/C18H20N8OS/c1-12-3-4-19-14(9-12)22-15-10-16(21-11-20-15)25-5-7-26(8-6-25)18(27)17-13(2)23-24-28-17/h3-4,9-11H,5-8H2,1-2H3,(H,19,20,21,22). The van der Waals surface area contributed by atoms with Crippen molar-refractivity contribution in [2.75, 3.05) is 36.4 Å². The highest BCUT2D eigenvalue weighted by Gasteiger charge is 2.25. The van der Waals surface area contributed by atoms with Crippen molar-refractivity contribution < 1.29 is 4.79 Å². The Morgan fingerprint density at radius 1 is 1.07 bits per heavy atom. The van der Waals surface area contributed by atoms with Gasteiger partial charge in [0.1, 0.15) is 28.7 Å². The Bertz CT molecular complexity index is 983. The predicted octanol–water partition coefficient (Wildman–Crippen LogP) is 2.05. The summed E-state index contributed by atoms with van der Waals surface area (Å²) in [5, 5.41) is 7.14. The van der Waals surface area contributed by atoms with Gasteiger partial charge in [0.25, 0.3) is 5.91 Å². The first-order valence-electron chi connectivity index (χ1n) is 8.95. The molecule has 0 unspecified atom stereocenters. The molecule has 144 valence electrons. The summed E-state index contributed by atoms with van der Waals surface area (Å²) in [6.07, 6.45) is 3.30. The molecule has 0 aliphatic carbocycles. The number of aromatic nitrogens is 5. The molecule has 3 aromatic rings. The predicted molar refractivity (Wildman–Crippen MR) is 107 cm³/mol. The number of pyridine rings is 1. The Hall–Kier alpha value is -3.14. The molecule has 1 aliphatic heterocycles. The smallest absolute Gasteiger partial charge is 0.267 e. The number of piperazine rings is 1. The van der Waals surface area contributed by atoms with Crippen molar-refractivity contribution in [2.45, 2.75) is 13.8 Å². The van der Waals surface area contributed by atoms with Gasteiger partial charge in [-0.05, 0) is 43.1 Å². The Morgan fingerprint density at radius 3 is 2.57 bits per heavy atom. The maximum absolute atomic E-state index is 12.6. The summed E-state index contributed by atoms with van der Waals surface area (Å²) >= 11 is 1.15. The molecule has 1 saturated heterocycles. The number of hydrogen-bond donors (Lipinski definition) is 1. The van der Waals surface area contributed by atoms with E-state index in [-0.39, 0.29) is 5.91 Å². The van der Waals surface area contributed by atoms with Crippen LogP contribution in [-0.2, 0) is 0 Å². The number of amides is 1. The minimum Gasteiger partial charge on any atom is -0.353 e. The van der Waals surface area contributed by atoms with Gasteiger partial charge in [0.2, 0.25) is 0 Å². The SMILES string of the molecule is Cc1ccnc(Nc2cc(N3CCN(C(=O)c4snnc4C)CC3)ncn2)c1. The average molecular weight is 396 g/mol. The van der Waals surface area contributed by atoms with Gasteiger partial charge in [-0.15, -0.1) is 5.10 Å². The summed E-state index contributed by atoms with van der Waals surface area (Å²) in [4.78, 5) is 30.2. The maximum atomic E-state index is 12.6. The first-order valence-corrected chi connectivity index (χ1v) is 9.72. The molecule has 0 aromatic carbocycles. The van der Waals surface area contributed by atoms with Gasteiger partial charge >= 0.3 is 0 Å². The number of carbonyl (C=O) groups excluding carboxylic acids is 1. The summed E-state index contributed by atoms with van der Waals surface area (Å²) in [5.41, 5.74) is 1.81. The topological polar surface area (TPSA) is 100 Å². The summed E-state index contributed by atoms with van der Waals surface area (Å²) in [7, 11) is 0. The van der Waals surface area contributed by atoms with Crippen molar-refractivity contribution >= 4 is 34.9 Å². The molecule has 1 N–H and O–H groups in total. The zero-order chi connectivity index (χ0) is 19.5. The van der Waals surface area contributed by atoms with E-state index < -0.39 is 0 Å². The molecule has 0 radical (unpaired) electrons. The van der Waals surface area contributed by atoms with Crippen LogP contribution in [-0.4, -0.2) is 61.5 Å². The van der Waals surface area contributed by atoms with E-state index in [1.54, 1.807) is 6.20 Å². The van der Waals surface area contributed by atoms with Crippen molar-refractivity contribution in [3.63, 3.8) is 0 Å². The normalized spacial score (nSPS) is 14.2. The number of nitrogens with zero attached hydrogens (tertiary/aromatic N) is 7. The zero-order valence-corrected chi connectivity index (χ0v) is 16.5. The lowest BCUT2D eigenvalue weighted by Crippen LogP contribution is -2.49. The fourth-order valence-electron chi connectivity index (χ4n) is 3.03.